The zero-order valence-electron chi connectivity index (χ0n) is 14.3. The summed E-state index contributed by atoms with van der Waals surface area (Å²) in [5, 5.41) is 0. The van der Waals surface area contributed by atoms with E-state index in [-0.39, 0.29) is 0 Å². The number of hydrogen-bond acceptors (Lipinski definition) is 3. The Morgan fingerprint density at radius 3 is 2.52 bits per heavy atom. The predicted molar refractivity (Wildman–Crippen MR) is 89.2 cm³/mol. The monoisotopic (exact) mass is 297 g/mol. The molecule has 1 amide bonds. The molecular weight excluding hydrogens is 262 g/mol. The summed E-state index contributed by atoms with van der Waals surface area (Å²) in [6, 6.07) is 0. The molecule has 0 bridgehead atoms. The fraction of sp³-hybridized carbons (Fsp3) is 0.941. The topological polar surface area (TPSA) is 49.6 Å². The highest BCUT2D eigenvalue weighted by Crippen LogP contribution is 2.20. The normalized spacial score (nSPS) is 18.7. The van der Waals surface area contributed by atoms with E-state index >= 15 is 0 Å². The van der Waals surface area contributed by atoms with Gasteiger partial charge in [-0.05, 0) is 64.2 Å². The Morgan fingerprint density at radius 1 is 1.29 bits per heavy atom. The first kappa shape index (κ1) is 18.4. The molecule has 1 aliphatic rings. The molecule has 0 aromatic heterocycles. The van der Waals surface area contributed by atoms with Gasteiger partial charge in [-0.1, -0.05) is 19.8 Å². The second-order valence-corrected chi connectivity index (χ2v) is 6.79. The lowest BCUT2D eigenvalue weighted by atomic mass is 9.93. The number of nitrogens with two attached hydrogens (primary N) is 1. The molecule has 4 heteroatoms. The third kappa shape index (κ3) is 7.28. The first-order valence-corrected chi connectivity index (χ1v) is 8.69. The molecule has 0 aromatic carbocycles. The Kier molecular flexibility index (Phi) is 8.93. The van der Waals surface area contributed by atoms with Crippen LogP contribution in [0.15, 0.2) is 0 Å². The lowest BCUT2D eigenvalue weighted by Crippen LogP contribution is -2.38. The summed E-state index contributed by atoms with van der Waals surface area (Å²) in [4.78, 5) is 16.6. The first-order chi connectivity index (χ1) is 10.1. The van der Waals surface area contributed by atoms with E-state index in [0.717, 1.165) is 25.9 Å². The summed E-state index contributed by atoms with van der Waals surface area (Å²) >= 11 is 0. The van der Waals surface area contributed by atoms with Gasteiger partial charge in [-0.3, -0.25) is 4.79 Å². The van der Waals surface area contributed by atoms with Crippen molar-refractivity contribution in [3.63, 3.8) is 0 Å². The summed E-state index contributed by atoms with van der Waals surface area (Å²) in [6.45, 7) is 6.22. The van der Waals surface area contributed by atoms with Gasteiger partial charge in [0.05, 0.1) is 0 Å². The van der Waals surface area contributed by atoms with Gasteiger partial charge in [0.25, 0.3) is 0 Å². The van der Waals surface area contributed by atoms with Crippen molar-refractivity contribution in [2.24, 2.45) is 17.6 Å². The zero-order valence-corrected chi connectivity index (χ0v) is 14.3. The van der Waals surface area contributed by atoms with Crippen LogP contribution in [-0.4, -0.2) is 56.0 Å². The lowest BCUT2D eigenvalue weighted by molar-refractivity contribution is -0.131. The molecule has 124 valence electrons. The quantitative estimate of drug-likeness (QED) is 0.710. The van der Waals surface area contributed by atoms with Crippen LogP contribution in [-0.2, 0) is 4.79 Å². The summed E-state index contributed by atoms with van der Waals surface area (Å²) in [5.41, 5.74) is 5.66. The van der Waals surface area contributed by atoms with Crippen LogP contribution in [0.5, 0.6) is 0 Å². The first-order valence-electron chi connectivity index (χ1n) is 8.69. The highest BCUT2D eigenvalue weighted by atomic mass is 16.2. The van der Waals surface area contributed by atoms with Crippen molar-refractivity contribution >= 4 is 5.91 Å². The Hall–Kier alpha value is -0.610. The molecule has 1 heterocycles. The molecule has 0 aromatic rings. The number of piperidine rings is 1. The van der Waals surface area contributed by atoms with Crippen LogP contribution in [0, 0.1) is 11.8 Å². The maximum absolute atomic E-state index is 12.3. The molecule has 1 saturated heterocycles. The van der Waals surface area contributed by atoms with Crippen molar-refractivity contribution in [2.45, 2.75) is 51.9 Å². The van der Waals surface area contributed by atoms with Gasteiger partial charge < -0.3 is 15.5 Å². The Labute approximate surface area is 131 Å². The smallest absolute Gasteiger partial charge is 0.222 e. The van der Waals surface area contributed by atoms with Crippen molar-refractivity contribution < 1.29 is 4.79 Å². The number of likely N-dealkylation sites (tertiary alicyclic amines) is 1. The van der Waals surface area contributed by atoms with E-state index in [1.807, 2.05) is 11.9 Å². The standard InChI is InChI=1S/C17H35N3O/c1-4-5-15(8-11-18)6-7-17(21)20(3)14-16-9-12-19(2)13-10-16/h15-16H,4-14,18H2,1-3H3. The third-order valence-corrected chi connectivity index (χ3v) is 4.83. The van der Waals surface area contributed by atoms with Crippen LogP contribution < -0.4 is 5.73 Å². The molecule has 21 heavy (non-hydrogen) atoms. The molecule has 0 aliphatic carbocycles. The number of rotatable bonds is 9. The van der Waals surface area contributed by atoms with Crippen LogP contribution in [0.2, 0.25) is 0 Å². The average Bonchev–Trinajstić information content (AvgIpc) is 2.47. The molecular formula is C17H35N3O. The van der Waals surface area contributed by atoms with Gasteiger partial charge in [-0.2, -0.15) is 0 Å². The predicted octanol–water partition coefficient (Wildman–Crippen LogP) is 2.33. The van der Waals surface area contributed by atoms with Crippen molar-refractivity contribution in [1.29, 1.82) is 0 Å². The highest BCUT2D eigenvalue weighted by Gasteiger charge is 2.20. The van der Waals surface area contributed by atoms with Gasteiger partial charge in [-0.25, -0.2) is 0 Å². The van der Waals surface area contributed by atoms with Crippen LogP contribution in [0.1, 0.15) is 51.9 Å². The molecule has 1 atom stereocenters. The molecule has 1 fully saturated rings. The van der Waals surface area contributed by atoms with E-state index in [4.69, 9.17) is 5.73 Å². The number of carbonyl (C=O) groups excluding carboxylic acids is 1. The van der Waals surface area contributed by atoms with E-state index in [2.05, 4.69) is 18.9 Å². The second-order valence-electron chi connectivity index (χ2n) is 6.79. The van der Waals surface area contributed by atoms with E-state index in [0.29, 0.717) is 24.2 Å². The number of nitrogens with zero attached hydrogens (tertiary/aromatic N) is 2. The molecule has 1 unspecified atom stereocenters. The summed E-state index contributed by atoms with van der Waals surface area (Å²) in [6.07, 6.45) is 7.57. The van der Waals surface area contributed by atoms with E-state index in [9.17, 15) is 4.79 Å². The number of hydrogen-bond donors (Lipinski definition) is 1. The molecule has 0 saturated carbocycles. The maximum atomic E-state index is 12.3. The van der Waals surface area contributed by atoms with Gasteiger partial charge in [0.2, 0.25) is 5.91 Å². The van der Waals surface area contributed by atoms with Crippen molar-refractivity contribution in [1.82, 2.24) is 9.80 Å². The van der Waals surface area contributed by atoms with Gasteiger partial charge in [0.15, 0.2) is 0 Å². The summed E-state index contributed by atoms with van der Waals surface area (Å²) < 4.78 is 0. The van der Waals surface area contributed by atoms with Gasteiger partial charge in [-0.15, -0.1) is 0 Å². The second kappa shape index (κ2) is 10.2. The van der Waals surface area contributed by atoms with Gasteiger partial charge in [0, 0.05) is 20.0 Å². The SMILES string of the molecule is CCCC(CCN)CCC(=O)N(C)CC1CCN(C)CC1. The molecule has 0 radical (unpaired) electrons. The minimum atomic E-state index is 0.312. The van der Waals surface area contributed by atoms with Crippen LogP contribution in [0.25, 0.3) is 0 Å². The molecule has 0 spiro atoms. The fourth-order valence-corrected chi connectivity index (χ4v) is 3.33. The van der Waals surface area contributed by atoms with E-state index in [1.54, 1.807) is 0 Å². The lowest BCUT2D eigenvalue weighted by Gasteiger charge is -2.31. The molecule has 1 rings (SSSR count). The molecule has 1 aliphatic heterocycles. The van der Waals surface area contributed by atoms with E-state index in [1.165, 1.54) is 38.8 Å². The van der Waals surface area contributed by atoms with Gasteiger partial charge in [0.1, 0.15) is 0 Å². The zero-order chi connectivity index (χ0) is 15.7. The largest absolute Gasteiger partial charge is 0.345 e. The molecule has 4 nitrogen and oxygen atoms in total. The summed E-state index contributed by atoms with van der Waals surface area (Å²) in [7, 11) is 4.15. The average molecular weight is 297 g/mol. The Morgan fingerprint density at radius 2 is 1.95 bits per heavy atom. The number of amides is 1. The van der Waals surface area contributed by atoms with Crippen molar-refractivity contribution in [3.8, 4) is 0 Å². The minimum absolute atomic E-state index is 0.312. The fourth-order valence-electron chi connectivity index (χ4n) is 3.33. The maximum Gasteiger partial charge on any atom is 0.222 e. The van der Waals surface area contributed by atoms with Crippen LogP contribution in [0.3, 0.4) is 0 Å². The van der Waals surface area contributed by atoms with Gasteiger partial charge >= 0.3 is 0 Å². The Bertz CT molecular complexity index is 282. The van der Waals surface area contributed by atoms with Crippen molar-refractivity contribution in [3.05, 3.63) is 0 Å². The molecule has 2 N–H and O–H groups in total. The minimum Gasteiger partial charge on any atom is -0.345 e. The third-order valence-electron chi connectivity index (χ3n) is 4.83. The van der Waals surface area contributed by atoms with Crippen LogP contribution >= 0.6 is 0 Å². The number of carbonyl (C=O) groups is 1. The Balaban J connectivity index is 2.26. The highest BCUT2D eigenvalue weighted by molar-refractivity contribution is 5.75. The van der Waals surface area contributed by atoms with E-state index < -0.39 is 0 Å². The van der Waals surface area contributed by atoms with Crippen molar-refractivity contribution in [2.75, 3.05) is 40.3 Å². The summed E-state index contributed by atoms with van der Waals surface area (Å²) in [5.74, 6) is 1.62. The van der Waals surface area contributed by atoms with Crippen LogP contribution in [0.4, 0.5) is 0 Å².